The highest BCUT2D eigenvalue weighted by Crippen LogP contribution is 2.21. The Morgan fingerprint density at radius 1 is 1.23 bits per heavy atom. The molecule has 12 nitrogen and oxygen atoms in total. The number of alkyl halides is 3. The van der Waals surface area contributed by atoms with Gasteiger partial charge < -0.3 is 20.6 Å². The van der Waals surface area contributed by atoms with Gasteiger partial charge in [-0.15, -0.1) is 5.10 Å². The van der Waals surface area contributed by atoms with E-state index in [2.05, 4.69) is 35.9 Å². The summed E-state index contributed by atoms with van der Waals surface area (Å²) in [6.07, 6.45) is -3.74. The second-order valence-electron chi connectivity index (χ2n) is 7.21. The minimum atomic E-state index is -5.08. The average Bonchev–Trinajstić information content (AvgIpc) is 3.47. The minimum Gasteiger partial charge on any atom is -0.475 e. The van der Waals surface area contributed by atoms with Crippen LogP contribution < -0.4 is 15.5 Å². The van der Waals surface area contributed by atoms with Crippen molar-refractivity contribution in [3.63, 3.8) is 0 Å². The van der Waals surface area contributed by atoms with Gasteiger partial charge in [0.2, 0.25) is 11.8 Å². The summed E-state index contributed by atoms with van der Waals surface area (Å²) in [6.45, 7) is 5.09. The van der Waals surface area contributed by atoms with Crippen LogP contribution in [0.5, 0.6) is 0 Å². The zero-order valence-corrected chi connectivity index (χ0v) is 18.3. The molecule has 1 saturated heterocycles. The topological polar surface area (TPSA) is 154 Å². The van der Waals surface area contributed by atoms with Crippen molar-refractivity contribution in [3.05, 3.63) is 47.6 Å². The molecule has 1 amide bonds. The lowest BCUT2D eigenvalue weighted by Crippen LogP contribution is -2.43. The number of rotatable bonds is 5. The molecule has 0 spiro atoms. The molecular weight excluding hydrogens is 478 g/mol. The van der Waals surface area contributed by atoms with Crippen molar-refractivity contribution in [3.8, 4) is 5.95 Å². The summed E-state index contributed by atoms with van der Waals surface area (Å²) in [5.41, 5.74) is 1.25. The number of carbonyl (C=O) groups excluding carboxylic acids is 1. The van der Waals surface area contributed by atoms with Crippen molar-refractivity contribution in [2.75, 3.05) is 31.1 Å². The number of aromatic nitrogens is 6. The van der Waals surface area contributed by atoms with Crippen LogP contribution in [0.3, 0.4) is 0 Å². The maximum atomic E-state index is 14.5. The zero-order chi connectivity index (χ0) is 25.6. The average molecular weight is 499 g/mol. The molecule has 3 aromatic rings. The summed E-state index contributed by atoms with van der Waals surface area (Å²) < 4.78 is 47.6. The summed E-state index contributed by atoms with van der Waals surface area (Å²) in [7, 11) is 0. The smallest absolute Gasteiger partial charge is 0.475 e. The number of hydrogen-bond donors (Lipinski definition) is 4. The van der Waals surface area contributed by atoms with E-state index in [9.17, 15) is 22.4 Å². The van der Waals surface area contributed by atoms with E-state index in [0.29, 0.717) is 23.0 Å². The maximum Gasteiger partial charge on any atom is 0.490 e. The number of carboxylic acids is 1. The Kier molecular flexibility index (Phi) is 7.95. The number of benzene rings is 1. The van der Waals surface area contributed by atoms with Crippen molar-refractivity contribution in [2.45, 2.75) is 19.6 Å². The van der Waals surface area contributed by atoms with Gasteiger partial charge in [0.15, 0.2) is 0 Å². The Balaban J connectivity index is 0.000000429. The van der Waals surface area contributed by atoms with Gasteiger partial charge in [0.05, 0.1) is 5.69 Å². The van der Waals surface area contributed by atoms with Gasteiger partial charge in [-0.3, -0.25) is 4.79 Å². The summed E-state index contributed by atoms with van der Waals surface area (Å²) in [5.74, 6) is -2.63. The number of aromatic amines is 1. The van der Waals surface area contributed by atoms with Crippen LogP contribution in [-0.2, 0) is 11.3 Å². The van der Waals surface area contributed by atoms with Crippen LogP contribution >= 0.6 is 0 Å². The number of carboxylic acid groups (broad SMARTS) is 1. The number of nitrogens with one attached hydrogen (secondary N) is 3. The number of H-pyrrole nitrogens is 1. The van der Waals surface area contributed by atoms with Crippen LogP contribution in [0.1, 0.15) is 22.0 Å². The first kappa shape index (κ1) is 25.5. The predicted molar refractivity (Wildman–Crippen MR) is 112 cm³/mol. The molecule has 2 aromatic heterocycles. The number of carbonyl (C=O) groups is 2. The van der Waals surface area contributed by atoms with Gasteiger partial charge in [0, 0.05) is 32.7 Å². The highest BCUT2D eigenvalue weighted by Gasteiger charge is 2.38. The second-order valence-corrected chi connectivity index (χ2v) is 7.21. The molecule has 1 aromatic carbocycles. The molecule has 3 heterocycles. The van der Waals surface area contributed by atoms with Crippen molar-refractivity contribution in [1.82, 2.24) is 40.6 Å². The fourth-order valence-electron chi connectivity index (χ4n) is 3.07. The van der Waals surface area contributed by atoms with Gasteiger partial charge >= 0.3 is 12.1 Å². The number of aryl methyl sites for hydroxylation is 1. The third-order valence-electron chi connectivity index (χ3n) is 4.74. The molecule has 0 saturated carbocycles. The molecule has 0 aliphatic carbocycles. The van der Waals surface area contributed by atoms with E-state index < -0.39 is 18.1 Å². The first-order valence-corrected chi connectivity index (χ1v) is 10.2. The van der Waals surface area contributed by atoms with Crippen LogP contribution in [0.15, 0.2) is 24.5 Å². The van der Waals surface area contributed by atoms with Gasteiger partial charge in [-0.05, 0) is 24.6 Å². The molecule has 0 atom stereocenters. The van der Waals surface area contributed by atoms with E-state index in [-0.39, 0.29) is 18.2 Å². The summed E-state index contributed by atoms with van der Waals surface area (Å²) in [6, 6.07) is 5.01. The Hall–Kier alpha value is -4.08. The maximum absolute atomic E-state index is 14.5. The van der Waals surface area contributed by atoms with Gasteiger partial charge in [-0.2, -0.15) is 27.9 Å². The van der Waals surface area contributed by atoms with Gasteiger partial charge in [0.1, 0.15) is 18.0 Å². The van der Waals surface area contributed by atoms with Crippen LogP contribution in [0.2, 0.25) is 0 Å². The first-order chi connectivity index (χ1) is 16.6. The Morgan fingerprint density at radius 2 is 1.91 bits per heavy atom. The van der Waals surface area contributed by atoms with E-state index in [1.165, 1.54) is 17.1 Å². The Morgan fingerprint density at radius 3 is 2.49 bits per heavy atom. The van der Waals surface area contributed by atoms with Gasteiger partial charge in [-0.1, -0.05) is 6.07 Å². The van der Waals surface area contributed by atoms with E-state index in [1.807, 2.05) is 11.0 Å². The fraction of sp³-hybridized carbons (Fsp3) is 0.368. The summed E-state index contributed by atoms with van der Waals surface area (Å²) >= 11 is 0. The molecule has 1 fully saturated rings. The number of aliphatic carboxylic acids is 1. The molecule has 4 rings (SSSR count). The third-order valence-corrected chi connectivity index (χ3v) is 4.74. The SMILES string of the molecule is Cc1nc(C(=O)NCc2ccc(N3CCNCC3)c(F)c2)nn1-c1ncn[nH]1.O=C(O)C(F)(F)F. The number of halogens is 4. The third kappa shape index (κ3) is 6.72. The normalized spacial score (nSPS) is 13.7. The molecule has 16 heteroatoms. The second kappa shape index (κ2) is 10.9. The van der Waals surface area contributed by atoms with Crippen LogP contribution in [-0.4, -0.2) is 79.3 Å². The lowest BCUT2D eigenvalue weighted by atomic mass is 10.1. The zero-order valence-electron chi connectivity index (χ0n) is 18.3. The van der Waals surface area contributed by atoms with Crippen molar-refractivity contribution in [2.24, 2.45) is 0 Å². The molecule has 1 aliphatic rings. The molecule has 0 radical (unpaired) electrons. The summed E-state index contributed by atoms with van der Waals surface area (Å²) in [4.78, 5) is 31.4. The fourth-order valence-corrected chi connectivity index (χ4v) is 3.07. The Labute approximate surface area is 195 Å². The molecule has 0 bridgehead atoms. The van der Waals surface area contributed by atoms with Gasteiger partial charge in [-0.25, -0.2) is 19.3 Å². The van der Waals surface area contributed by atoms with Gasteiger partial charge in [0.25, 0.3) is 5.91 Å². The van der Waals surface area contributed by atoms with Crippen LogP contribution in [0.25, 0.3) is 5.95 Å². The summed E-state index contributed by atoms with van der Waals surface area (Å²) in [5, 5.41) is 23.6. The molecule has 35 heavy (non-hydrogen) atoms. The lowest BCUT2D eigenvalue weighted by molar-refractivity contribution is -0.192. The van der Waals surface area contributed by atoms with E-state index in [1.54, 1.807) is 13.0 Å². The van der Waals surface area contributed by atoms with E-state index >= 15 is 0 Å². The van der Waals surface area contributed by atoms with E-state index in [4.69, 9.17) is 9.90 Å². The largest absolute Gasteiger partial charge is 0.490 e. The molecule has 4 N–H and O–H groups in total. The number of nitrogens with zero attached hydrogens (tertiary/aromatic N) is 6. The highest BCUT2D eigenvalue weighted by atomic mass is 19.4. The number of anilines is 1. The Bertz CT molecular complexity index is 1160. The molecule has 0 unspecified atom stereocenters. The number of piperazine rings is 1. The van der Waals surface area contributed by atoms with Crippen molar-refractivity contribution >= 4 is 17.6 Å². The molecule has 1 aliphatic heterocycles. The van der Waals surface area contributed by atoms with Crippen molar-refractivity contribution < 1.29 is 32.3 Å². The van der Waals surface area contributed by atoms with Crippen LogP contribution in [0.4, 0.5) is 23.2 Å². The standard InChI is InChI=1S/C17H20FN9O.C2HF3O2/c1-11-23-15(25-27(11)17-21-10-22-24-17)16(28)20-9-12-2-3-14(13(18)8-12)26-6-4-19-5-7-26;3-2(4,5)1(6)7/h2-3,8,10,19H,4-7,9H2,1H3,(H,20,28)(H,21,22,24);(H,6,7). The molecule has 188 valence electrons. The quantitative estimate of drug-likeness (QED) is 0.373. The molecular formula is C19H21F4N9O3. The highest BCUT2D eigenvalue weighted by molar-refractivity contribution is 5.90. The lowest BCUT2D eigenvalue weighted by Gasteiger charge is -2.29. The first-order valence-electron chi connectivity index (χ1n) is 10.2. The van der Waals surface area contributed by atoms with Crippen molar-refractivity contribution in [1.29, 1.82) is 0 Å². The number of amides is 1. The number of hydrogen-bond acceptors (Lipinski definition) is 8. The minimum absolute atomic E-state index is 0.00630. The monoisotopic (exact) mass is 499 g/mol. The predicted octanol–water partition coefficient (Wildman–Crippen LogP) is 0.806. The van der Waals surface area contributed by atoms with E-state index in [0.717, 1.165) is 26.2 Å². The van der Waals surface area contributed by atoms with Crippen LogP contribution in [0, 0.1) is 12.7 Å².